The molecule has 0 bridgehead atoms. The maximum absolute atomic E-state index is 10.5. The van der Waals surface area contributed by atoms with Gasteiger partial charge in [0.05, 0.1) is 0 Å². The highest BCUT2D eigenvalue weighted by Crippen LogP contribution is 2.18. The van der Waals surface area contributed by atoms with Gasteiger partial charge in [0, 0.05) is 18.0 Å². The number of carbonyl (C=O) groups is 1. The third-order valence-electron chi connectivity index (χ3n) is 1.83. The molecule has 1 N–H and O–H groups in total. The number of fused-ring (bicyclic) bond motifs is 1. The van der Waals surface area contributed by atoms with Crippen LogP contribution in [0.5, 0.6) is 0 Å². The van der Waals surface area contributed by atoms with Gasteiger partial charge >= 0.3 is 5.97 Å². The maximum atomic E-state index is 10.5. The van der Waals surface area contributed by atoms with Gasteiger partial charge in [0.2, 0.25) is 0 Å². The van der Waals surface area contributed by atoms with Crippen molar-refractivity contribution >= 4 is 5.97 Å². The summed E-state index contributed by atoms with van der Waals surface area (Å²) in [6, 6.07) is 5.57. The van der Waals surface area contributed by atoms with E-state index in [1.54, 1.807) is 17.0 Å². The monoisotopic (exact) mass is 176 g/mol. The van der Waals surface area contributed by atoms with Crippen molar-refractivity contribution < 1.29 is 9.90 Å². The molecule has 0 saturated carbocycles. The number of hydrogen-bond donors (Lipinski definition) is 1. The summed E-state index contributed by atoms with van der Waals surface area (Å²) in [6.45, 7) is -0.0473. The Balaban J connectivity index is 2.46. The van der Waals surface area contributed by atoms with Crippen molar-refractivity contribution in [2.45, 2.75) is 6.54 Å². The van der Waals surface area contributed by atoms with Crippen LogP contribution in [0.4, 0.5) is 0 Å². The molecule has 0 aromatic carbocycles. The second kappa shape index (κ2) is 2.90. The SMILES string of the molecule is O=C(O)Cn1cccc2ccnc1-2. The number of carboxylic acids is 1. The van der Waals surface area contributed by atoms with E-state index in [-0.39, 0.29) is 6.54 Å². The average molecular weight is 176 g/mol. The predicted molar refractivity (Wildman–Crippen MR) is 46.5 cm³/mol. The van der Waals surface area contributed by atoms with Crippen LogP contribution in [0.25, 0.3) is 11.4 Å². The Morgan fingerprint density at radius 1 is 1.54 bits per heavy atom. The summed E-state index contributed by atoms with van der Waals surface area (Å²) in [5.41, 5.74) is 0.962. The lowest BCUT2D eigenvalue weighted by Crippen LogP contribution is -2.11. The zero-order chi connectivity index (χ0) is 9.26. The van der Waals surface area contributed by atoms with Crippen LogP contribution in [0.15, 0.2) is 30.6 Å². The normalized spacial score (nSPS) is 10.5. The maximum Gasteiger partial charge on any atom is 0.323 e. The molecule has 0 atom stereocenters. The molecule has 13 heavy (non-hydrogen) atoms. The first kappa shape index (κ1) is 7.79. The van der Waals surface area contributed by atoms with Crippen molar-refractivity contribution in [2.24, 2.45) is 0 Å². The first-order chi connectivity index (χ1) is 6.27. The van der Waals surface area contributed by atoms with E-state index in [1.807, 2.05) is 18.2 Å². The summed E-state index contributed by atoms with van der Waals surface area (Å²) in [7, 11) is 0. The molecule has 2 heterocycles. The van der Waals surface area contributed by atoms with Gasteiger partial charge in [-0.15, -0.1) is 0 Å². The van der Waals surface area contributed by atoms with E-state index in [2.05, 4.69) is 4.98 Å². The van der Waals surface area contributed by atoms with E-state index in [0.29, 0.717) is 5.82 Å². The number of aromatic nitrogens is 2. The van der Waals surface area contributed by atoms with Gasteiger partial charge in [-0.25, -0.2) is 4.98 Å². The molecule has 0 amide bonds. The molecule has 0 radical (unpaired) electrons. The van der Waals surface area contributed by atoms with Gasteiger partial charge in [-0.2, -0.15) is 0 Å². The molecule has 2 aliphatic heterocycles. The van der Waals surface area contributed by atoms with Crippen LogP contribution in [-0.4, -0.2) is 20.6 Å². The van der Waals surface area contributed by atoms with Crippen LogP contribution >= 0.6 is 0 Å². The Hall–Kier alpha value is -1.84. The molecule has 66 valence electrons. The zero-order valence-corrected chi connectivity index (χ0v) is 6.84. The molecule has 4 heteroatoms. The quantitative estimate of drug-likeness (QED) is 0.744. The number of aliphatic carboxylic acids is 1. The van der Waals surface area contributed by atoms with Crippen LogP contribution in [0, 0.1) is 0 Å². The highest BCUT2D eigenvalue weighted by atomic mass is 16.4. The lowest BCUT2D eigenvalue weighted by Gasteiger charge is -2.07. The summed E-state index contributed by atoms with van der Waals surface area (Å²) in [4.78, 5) is 14.6. The summed E-state index contributed by atoms with van der Waals surface area (Å²) in [5.74, 6) is -0.148. The minimum Gasteiger partial charge on any atom is -0.480 e. The second-order valence-corrected chi connectivity index (χ2v) is 2.75. The van der Waals surface area contributed by atoms with Gasteiger partial charge in [-0.1, -0.05) is 0 Å². The lowest BCUT2D eigenvalue weighted by molar-refractivity contribution is -0.137. The van der Waals surface area contributed by atoms with Crippen LogP contribution in [-0.2, 0) is 11.3 Å². The Morgan fingerprint density at radius 2 is 2.38 bits per heavy atom. The summed E-state index contributed by atoms with van der Waals surface area (Å²) < 4.78 is 1.61. The molecule has 4 nitrogen and oxygen atoms in total. The van der Waals surface area contributed by atoms with Crippen molar-refractivity contribution in [3.05, 3.63) is 30.6 Å². The molecule has 2 aliphatic rings. The van der Waals surface area contributed by atoms with Crippen LogP contribution in [0.1, 0.15) is 0 Å². The van der Waals surface area contributed by atoms with Gasteiger partial charge in [0.1, 0.15) is 12.4 Å². The van der Waals surface area contributed by atoms with E-state index in [0.717, 1.165) is 5.56 Å². The van der Waals surface area contributed by atoms with Crippen LogP contribution < -0.4 is 0 Å². The molecule has 0 saturated heterocycles. The Bertz CT molecular complexity index is 408. The van der Waals surface area contributed by atoms with Crippen molar-refractivity contribution in [2.75, 3.05) is 0 Å². The Kier molecular flexibility index (Phi) is 1.73. The van der Waals surface area contributed by atoms with E-state index in [4.69, 9.17) is 5.11 Å². The fourth-order valence-electron chi connectivity index (χ4n) is 1.30. The first-order valence-corrected chi connectivity index (χ1v) is 3.89. The minimum atomic E-state index is -0.861. The number of rotatable bonds is 2. The van der Waals surface area contributed by atoms with Crippen molar-refractivity contribution in [3.8, 4) is 11.4 Å². The minimum absolute atomic E-state index is 0.0473. The van der Waals surface area contributed by atoms with Gasteiger partial charge in [0.15, 0.2) is 0 Å². The Morgan fingerprint density at radius 3 is 3.15 bits per heavy atom. The van der Waals surface area contributed by atoms with E-state index in [1.165, 1.54) is 0 Å². The largest absolute Gasteiger partial charge is 0.480 e. The highest BCUT2D eigenvalue weighted by Gasteiger charge is 2.08. The van der Waals surface area contributed by atoms with Crippen molar-refractivity contribution in [1.29, 1.82) is 0 Å². The van der Waals surface area contributed by atoms with E-state index < -0.39 is 5.97 Å². The lowest BCUT2D eigenvalue weighted by atomic mass is 10.2. The fourth-order valence-corrected chi connectivity index (χ4v) is 1.30. The molecular weight excluding hydrogens is 168 g/mol. The average Bonchev–Trinajstić information content (AvgIpc) is 2.51. The molecule has 0 unspecified atom stereocenters. The van der Waals surface area contributed by atoms with Crippen LogP contribution in [0.2, 0.25) is 0 Å². The standard InChI is InChI=1S/C9H8N2O2/c12-8(13)6-11-5-1-2-7-3-4-10-9(7)11/h1-5H,6H2,(H,12,13). The molecule has 0 spiro atoms. The fraction of sp³-hybridized carbons (Fsp3) is 0.111. The van der Waals surface area contributed by atoms with E-state index >= 15 is 0 Å². The topological polar surface area (TPSA) is 55.1 Å². The smallest absolute Gasteiger partial charge is 0.323 e. The molecule has 0 aromatic heterocycles. The summed E-state index contributed by atoms with van der Waals surface area (Å²) in [5, 5.41) is 8.62. The Labute approximate surface area is 74.8 Å². The number of carboxylic acid groups (broad SMARTS) is 1. The van der Waals surface area contributed by atoms with Gasteiger partial charge < -0.3 is 9.67 Å². The van der Waals surface area contributed by atoms with Gasteiger partial charge in [-0.3, -0.25) is 4.79 Å². The first-order valence-electron chi connectivity index (χ1n) is 3.89. The van der Waals surface area contributed by atoms with E-state index in [9.17, 15) is 4.79 Å². The van der Waals surface area contributed by atoms with Crippen molar-refractivity contribution in [1.82, 2.24) is 9.55 Å². The number of hydrogen-bond acceptors (Lipinski definition) is 2. The molecular formula is C9H8N2O2. The summed E-state index contributed by atoms with van der Waals surface area (Å²) in [6.07, 6.45) is 3.38. The van der Waals surface area contributed by atoms with Gasteiger partial charge in [-0.05, 0) is 18.2 Å². The molecule has 0 aliphatic carbocycles. The van der Waals surface area contributed by atoms with Crippen molar-refractivity contribution in [3.63, 3.8) is 0 Å². The third-order valence-corrected chi connectivity index (χ3v) is 1.83. The second-order valence-electron chi connectivity index (χ2n) is 2.75. The zero-order valence-electron chi connectivity index (χ0n) is 6.84. The third kappa shape index (κ3) is 1.38. The molecule has 2 rings (SSSR count). The number of nitrogens with zero attached hydrogens (tertiary/aromatic N) is 2. The van der Waals surface area contributed by atoms with Gasteiger partial charge in [0.25, 0.3) is 0 Å². The predicted octanol–water partition coefficient (Wildman–Crippen LogP) is 1.07. The highest BCUT2D eigenvalue weighted by molar-refractivity contribution is 5.68. The van der Waals surface area contributed by atoms with Crippen LogP contribution in [0.3, 0.4) is 0 Å². The summed E-state index contributed by atoms with van der Waals surface area (Å²) >= 11 is 0. The molecule has 0 fully saturated rings. The molecule has 0 aromatic rings. The number of pyridine rings is 1.